The van der Waals surface area contributed by atoms with E-state index in [2.05, 4.69) is 56.8 Å². The molecule has 0 atom stereocenters. The number of aromatic nitrogens is 4. The Morgan fingerprint density at radius 2 is 1.64 bits per heavy atom. The second-order valence-electron chi connectivity index (χ2n) is 10.9. The summed E-state index contributed by atoms with van der Waals surface area (Å²) >= 11 is 13.7. The quantitative estimate of drug-likeness (QED) is 0.147. The van der Waals surface area contributed by atoms with Crippen LogP contribution in [0.25, 0.3) is 33.9 Å². The average Bonchev–Trinajstić information content (AvgIpc) is 3.12. The zero-order valence-electron chi connectivity index (χ0n) is 23.0. The molecule has 4 aromatic rings. The number of imidazole rings is 1. The minimum atomic E-state index is -2.07. The van der Waals surface area contributed by atoms with Crippen LogP contribution in [0.2, 0.25) is 26.7 Å². The number of pyridine rings is 2. The molecule has 0 aliphatic carbocycles. The first kappa shape index (κ1) is 27.6. The van der Waals surface area contributed by atoms with Crippen molar-refractivity contribution in [2.75, 3.05) is 5.32 Å². The van der Waals surface area contributed by atoms with Crippen molar-refractivity contribution in [2.45, 2.75) is 64.8 Å². The molecule has 39 heavy (non-hydrogen) atoms. The molecule has 0 unspecified atom stereocenters. The molecule has 1 aliphatic rings. The third kappa shape index (κ3) is 4.63. The Hall–Kier alpha value is -2.91. The fraction of sp³-hybridized carbons (Fsp3) is 0.345. The molecule has 3 aromatic heterocycles. The van der Waals surface area contributed by atoms with E-state index in [9.17, 15) is 5.21 Å². The predicted octanol–water partition coefficient (Wildman–Crippen LogP) is 8.97. The lowest BCUT2D eigenvalue weighted by molar-refractivity contribution is 0.195. The van der Waals surface area contributed by atoms with Crippen molar-refractivity contribution in [1.82, 2.24) is 19.7 Å². The molecule has 0 amide bonds. The molecule has 4 heterocycles. The molecular weight excluding hydrogens is 549 g/mol. The maximum Gasteiger partial charge on any atom is 0.200 e. The lowest BCUT2D eigenvalue weighted by Gasteiger charge is -2.42. The van der Waals surface area contributed by atoms with E-state index in [0.29, 0.717) is 61.6 Å². The fourth-order valence-corrected chi connectivity index (χ4v) is 12.3. The summed E-state index contributed by atoms with van der Waals surface area (Å²) in [4.78, 5) is 13.6. The molecule has 5 rings (SSSR count). The van der Waals surface area contributed by atoms with Gasteiger partial charge in [-0.15, -0.1) is 0 Å². The number of nitrogens with zero attached hydrogens (tertiary/aromatic N) is 4. The maximum absolute atomic E-state index is 11.5. The van der Waals surface area contributed by atoms with Crippen LogP contribution in [0.4, 0.5) is 11.5 Å². The summed E-state index contributed by atoms with van der Waals surface area (Å²) in [6.07, 6.45) is 5.09. The van der Waals surface area contributed by atoms with Crippen molar-refractivity contribution < 1.29 is 9.63 Å². The molecule has 0 bridgehead atoms. The van der Waals surface area contributed by atoms with Gasteiger partial charge < -0.3 is 15.0 Å². The number of hydrogen-bond acceptors (Lipinski definition) is 6. The Kier molecular flexibility index (Phi) is 7.50. The third-order valence-corrected chi connectivity index (χ3v) is 14.4. The van der Waals surface area contributed by atoms with Crippen LogP contribution in [0.1, 0.15) is 47.1 Å². The van der Waals surface area contributed by atoms with Gasteiger partial charge in [0.15, 0.2) is 5.82 Å². The molecular formula is C29H33Cl2N5O2Si. The van der Waals surface area contributed by atoms with Gasteiger partial charge in [-0.3, -0.25) is 4.98 Å². The van der Waals surface area contributed by atoms with Crippen molar-refractivity contribution in [1.29, 1.82) is 0 Å². The van der Waals surface area contributed by atoms with Crippen molar-refractivity contribution in [2.24, 2.45) is 0 Å². The van der Waals surface area contributed by atoms with E-state index < -0.39 is 8.32 Å². The second kappa shape index (κ2) is 10.6. The topological polar surface area (TPSA) is 85.1 Å². The van der Waals surface area contributed by atoms with Crippen LogP contribution >= 0.6 is 23.2 Å². The minimum absolute atomic E-state index is 0.247. The van der Waals surface area contributed by atoms with Gasteiger partial charge in [-0.1, -0.05) is 64.7 Å². The van der Waals surface area contributed by atoms with Gasteiger partial charge in [0.2, 0.25) is 8.32 Å². The van der Waals surface area contributed by atoms with Crippen molar-refractivity contribution >= 4 is 43.0 Å². The van der Waals surface area contributed by atoms with Crippen LogP contribution in [-0.4, -0.2) is 33.2 Å². The molecule has 0 saturated carbocycles. The van der Waals surface area contributed by atoms with Crippen LogP contribution < -0.4 is 5.32 Å². The van der Waals surface area contributed by atoms with Crippen LogP contribution in [-0.2, 0) is 11.0 Å². The maximum atomic E-state index is 11.5. The van der Waals surface area contributed by atoms with Gasteiger partial charge in [0.05, 0.1) is 34.1 Å². The van der Waals surface area contributed by atoms with Gasteiger partial charge in [0, 0.05) is 23.5 Å². The highest BCUT2D eigenvalue weighted by atomic mass is 35.5. The Labute approximate surface area is 240 Å². The number of nitrogens with one attached hydrogen (secondary N) is 1. The van der Waals surface area contributed by atoms with E-state index in [4.69, 9.17) is 32.6 Å². The predicted molar refractivity (Wildman–Crippen MR) is 160 cm³/mol. The van der Waals surface area contributed by atoms with Crippen molar-refractivity contribution in [3.63, 3.8) is 0 Å². The molecule has 0 saturated heterocycles. The summed E-state index contributed by atoms with van der Waals surface area (Å²) in [6.45, 7) is 14.0. The first-order valence-corrected chi connectivity index (χ1v) is 16.1. The van der Waals surface area contributed by atoms with Gasteiger partial charge >= 0.3 is 0 Å². The first-order chi connectivity index (χ1) is 18.6. The molecule has 0 fully saturated rings. The summed E-state index contributed by atoms with van der Waals surface area (Å²) in [5.74, 6) is 0.835. The number of hydrogen-bond donors (Lipinski definition) is 2. The Balaban J connectivity index is 1.58. The third-order valence-electron chi connectivity index (χ3n) is 7.77. The van der Waals surface area contributed by atoms with E-state index >= 15 is 0 Å². The largest absolute Gasteiger partial charge is 0.426 e. The lowest BCUT2D eigenvalue weighted by Crippen LogP contribution is -2.47. The Bertz CT molecular complexity index is 1490. The highest BCUT2D eigenvalue weighted by Crippen LogP contribution is 2.47. The van der Waals surface area contributed by atoms with E-state index in [0.717, 1.165) is 21.5 Å². The normalized spacial score (nSPS) is 12.8. The fourth-order valence-electron chi connectivity index (χ4n) is 6.16. The summed E-state index contributed by atoms with van der Waals surface area (Å²) in [6, 6.07) is 9.26. The van der Waals surface area contributed by atoms with Gasteiger partial charge in [-0.05, 0) is 52.5 Å². The summed E-state index contributed by atoms with van der Waals surface area (Å²) in [7, 11) is -2.07. The molecule has 1 aromatic carbocycles. The van der Waals surface area contributed by atoms with Crippen molar-refractivity contribution in [3.05, 3.63) is 64.5 Å². The molecule has 2 N–H and O–H groups in total. The average molecular weight is 583 g/mol. The van der Waals surface area contributed by atoms with E-state index in [1.165, 1.54) is 0 Å². The number of fused-ring (bicyclic) bond motifs is 5. The van der Waals surface area contributed by atoms with Crippen molar-refractivity contribution in [3.8, 4) is 33.9 Å². The number of benzene rings is 1. The van der Waals surface area contributed by atoms with Crippen LogP contribution in [0, 0.1) is 0 Å². The van der Waals surface area contributed by atoms with E-state index in [-0.39, 0.29) is 5.82 Å². The number of halogens is 2. The zero-order valence-corrected chi connectivity index (χ0v) is 25.5. The van der Waals surface area contributed by atoms with Gasteiger partial charge in [0.1, 0.15) is 17.2 Å². The molecule has 1 aliphatic heterocycles. The molecule has 0 radical (unpaired) electrons. The van der Waals surface area contributed by atoms with Gasteiger partial charge in [-0.25, -0.2) is 9.97 Å². The standard InChI is InChI=1S/C29H33Cl2N5O2Si/c1-16(2)39(17(3)4,18(5)6)38-15-19-12-22(30)25(23(31)13-19)29-35-26-20-9-11-32-14-24(20)34-28-21(8-7-10-33-28)27(26)36(29)37/h7-14,16-18,37H,15H2,1-6H3,(H,33,34). The molecule has 204 valence electrons. The monoisotopic (exact) mass is 581 g/mol. The zero-order chi connectivity index (χ0) is 28.1. The smallest absolute Gasteiger partial charge is 0.200 e. The Morgan fingerprint density at radius 1 is 0.974 bits per heavy atom. The highest BCUT2D eigenvalue weighted by Gasteiger charge is 2.45. The second-order valence-corrected chi connectivity index (χ2v) is 17.2. The number of rotatable bonds is 7. The Morgan fingerprint density at radius 3 is 2.28 bits per heavy atom. The van der Waals surface area contributed by atoms with E-state index in [1.807, 2.05) is 30.3 Å². The van der Waals surface area contributed by atoms with Crippen LogP contribution in [0.3, 0.4) is 0 Å². The van der Waals surface area contributed by atoms with Crippen LogP contribution in [0.5, 0.6) is 0 Å². The highest BCUT2D eigenvalue weighted by molar-refractivity contribution is 6.77. The first-order valence-electron chi connectivity index (χ1n) is 13.2. The van der Waals surface area contributed by atoms with E-state index in [1.54, 1.807) is 18.6 Å². The summed E-state index contributed by atoms with van der Waals surface area (Å²) in [5.41, 5.74) is 6.00. The number of anilines is 2. The molecule has 7 nitrogen and oxygen atoms in total. The van der Waals surface area contributed by atoms with Gasteiger partial charge in [0.25, 0.3) is 0 Å². The molecule has 0 spiro atoms. The summed E-state index contributed by atoms with van der Waals surface area (Å²) < 4.78 is 7.82. The minimum Gasteiger partial charge on any atom is -0.426 e. The lowest BCUT2D eigenvalue weighted by atomic mass is 10.1. The summed E-state index contributed by atoms with van der Waals surface area (Å²) in [5, 5.41) is 15.6. The van der Waals surface area contributed by atoms with Gasteiger partial charge in [-0.2, -0.15) is 4.73 Å². The van der Waals surface area contributed by atoms with Crippen LogP contribution in [0.15, 0.2) is 48.9 Å². The molecule has 10 heteroatoms. The SMILES string of the molecule is CC(C)[Si](OCc1cc(Cl)c(-c2nc3c(n2O)-c2cccnc2Nc2cnccc2-3)c(Cl)c1)(C(C)C)C(C)C.